The van der Waals surface area contributed by atoms with Crippen molar-refractivity contribution in [3.63, 3.8) is 0 Å². The average molecular weight is 215 g/mol. The Kier molecular flexibility index (Phi) is 3.29. The van der Waals surface area contributed by atoms with E-state index in [-0.39, 0.29) is 17.7 Å². The van der Waals surface area contributed by atoms with Crippen molar-refractivity contribution in [2.24, 2.45) is 5.73 Å². The molecule has 0 aliphatic heterocycles. The lowest BCUT2D eigenvalue weighted by Gasteiger charge is -2.19. The highest BCUT2D eigenvalue weighted by atomic mass is 19.1. The van der Waals surface area contributed by atoms with E-state index in [0.29, 0.717) is 0 Å². The minimum Gasteiger partial charge on any atom is -0.497 e. The van der Waals surface area contributed by atoms with Crippen LogP contribution in [0.3, 0.4) is 0 Å². The van der Waals surface area contributed by atoms with Crippen LogP contribution in [0, 0.1) is 11.6 Å². The summed E-state index contributed by atoms with van der Waals surface area (Å²) in [6, 6.07) is 2.31. The maximum atomic E-state index is 13.5. The fourth-order valence-corrected chi connectivity index (χ4v) is 1.32. The van der Waals surface area contributed by atoms with Crippen molar-refractivity contribution in [1.29, 1.82) is 0 Å². The molecule has 2 nitrogen and oxygen atoms in total. The molecular formula is C11H15F2NO. The lowest BCUT2D eigenvalue weighted by Crippen LogP contribution is -2.35. The summed E-state index contributed by atoms with van der Waals surface area (Å²) in [6.07, 6.45) is 0.147. The van der Waals surface area contributed by atoms with E-state index < -0.39 is 17.2 Å². The molecule has 0 aliphatic carbocycles. The van der Waals surface area contributed by atoms with Crippen LogP contribution < -0.4 is 10.5 Å². The van der Waals surface area contributed by atoms with Crippen molar-refractivity contribution < 1.29 is 13.5 Å². The molecule has 2 N–H and O–H groups in total. The highest BCUT2D eigenvalue weighted by Crippen LogP contribution is 2.23. The Morgan fingerprint density at radius 1 is 1.27 bits per heavy atom. The van der Waals surface area contributed by atoms with Crippen LogP contribution in [0.15, 0.2) is 12.1 Å². The number of hydrogen-bond acceptors (Lipinski definition) is 2. The van der Waals surface area contributed by atoms with E-state index in [0.717, 1.165) is 12.1 Å². The maximum Gasteiger partial charge on any atom is 0.133 e. The summed E-state index contributed by atoms with van der Waals surface area (Å²) in [7, 11) is 1.36. The van der Waals surface area contributed by atoms with Crippen molar-refractivity contribution in [1.82, 2.24) is 0 Å². The zero-order chi connectivity index (χ0) is 11.6. The quantitative estimate of drug-likeness (QED) is 0.839. The molecule has 0 aromatic heterocycles. The first-order valence-corrected chi connectivity index (χ1v) is 4.64. The van der Waals surface area contributed by atoms with Gasteiger partial charge in [0.25, 0.3) is 0 Å². The van der Waals surface area contributed by atoms with Gasteiger partial charge in [-0.1, -0.05) is 0 Å². The molecule has 0 heterocycles. The molecule has 0 radical (unpaired) electrons. The molecule has 84 valence electrons. The molecule has 0 saturated heterocycles. The molecule has 0 atom stereocenters. The van der Waals surface area contributed by atoms with E-state index in [4.69, 9.17) is 10.5 Å². The number of halogens is 2. The summed E-state index contributed by atoms with van der Waals surface area (Å²) in [5.41, 5.74) is 5.07. The molecule has 0 amide bonds. The first-order chi connectivity index (χ1) is 6.83. The number of ether oxygens (including phenoxy) is 1. The van der Waals surface area contributed by atoms with Crippen molar-refractivity contribution in [2.45, 2.75) is 25.8 Å². The van der Waals surface area contributed by atoms with Gasteiger partial charge in [0.1, 0.15) is 17.4 Å². The van der Waals surface area contributed by atoms with Gasteiger partial charge in [-0.2, -0.15) is 0 Å². The normalized spacial score (nSPS) is 11.6. The molecule has 1 aromatic carbocycles. The van der Waals surface area contributed by atoms with Crippen LogP contribution in [-0.2, 0) is 6.42 Å². The van der Waals surface area contributed by atoms with Crippen LogP contribution in [0.1, 0.15) is 19.4 Å². The molecule has 1 rings (SSSR count). The van der Waals surface area contributed by atoms with Crippen LogP contribution in [0.4, 0.5) is 8.78 Å². The molecule has 0 aliphatic rings. The van der Waals surface area contributed by atoms with Gasteiger partial charge >= 0.3 is 0 Å². The summed E-state index contributed by atoms with van der Waals surface area (Å²) in [6.45, 7) is 3.44. The first-order valence-electron chi connectivity index (χ1n) is 4.64. The van der Waals surface area contributed by atoms with Crippen molar-refractivity contribution in [3.8, 4) is 5.75 Å². The predicted molar refractivity (Wildman–Crippen MR) is 54.9 cm³/mol. The van der Waals surface area contributed by atoms with Crippen LogP contribution in [-0.4, -0.2) is 12.6 Å². The van der Waals surface area contributed by atoms with Gasteiger partial charge in [-0.25, -0.2) is 8.78 Å². The Hall–Kier alpha value is -1.16. The Labute approximate surface area is 88.0 Å². The van der Waals surface area contributed by atoms with Gasteiger partial charge in [-0.3, -0.25) is 0 Å². The van der Waals surface area contributed by atoms with Gasteiger partial charge in [-0.15, -0.1) is 0 Å². The topological polar surface area (TPSA) is 35.2 Å². The smallest absolute Gasteiger partial charge is 0.133 e. The molecule has 0 bridgehead atoms. The average Bonchev–Trinajstić information content (AvgIpc) is 2.09. The fraction of sp³-hybridized carbons (Fsp3) is 0.455. The van der Waals surface area contributed by atoms with Gasteiger partial charge in [0.2, 0.25) is 0 Å². The van der Waals surface area contributed by atoms with Crippen molar-refractivity contribution in [3.05, 3.63) is 29.3 Å². The van der Waals surface area contributed by atoms with Gasteiger partial charge in [0.05, 0.1) is 7.11 Å². The largest absolute Gasteiger partial charge is 0.497 e. The first kappa shape index (κ1) is 11.9. The molecular weight excluding hydrogens is 200 g/mol. The lowest BCUT2D eigenvalue weighted by molar-refractivity contribution is 0.402. The number of benzene rings is 1. The third kappa shape index (κ3) is 3.16. The Morgan fingerprint density at radius 2 is 1.73 bits per heavy atom. The molecule has 0 unspecified atom stereocenters. The van der Waals surface area contributed by atoms with E-state index in [9.17, 15) is 8.78 Å². The molecule has 15 heavy (non-hydrogen) atoms. The van der Waals surface area contributed by atoms with Gasteiger partial charge in [-0.05, 0) is 20.3 Å². The maximum absolute atomic E-state index is 13.5. The van der Waals surface area contributed by atoms with Gasteiger partial charge < -0.3 is 10.5 Å². The Morgan fingerprint density at radius 3 is 2.07 bits per heavy atom. The number of hydrogen-bond donors (Lipinski definition) is 1. The van der Waals surface area contributed by atoms with E-state index in [1.807, 2.05) is 0 Å². The van der Waals surface area contributed by atoms with E-state index in [1.165, 1.54) is 7.11 Å². The highest BCUT2D eigenvalue weighted by molar-refractivity contribution is 5.31. The van der Waals surface area contributed by atoms with Crippen LogP contribution in [0.25, 0.3) is 0 Å². The van der Waals surface area contributed by atoms with Gasteiger partial charge in [0, 0.05) is 23.2 Å². The predicted octanol–water partition coefficient (Wildman–Crippen LogP) is 2.25. The third-order valence-electron chi connectivity index (χ3n) is 1.98. The van der Waals surface area contributed by atoms with Crippen LogP contribution >= 0.6 is 0 Å². The molecule has 4 heteroatoms. The summed E-state index contributed by atoms with van der Waals surface area (Å²) in [5.74, 6) is -1.07. The van der Waals surface area contributed by atoms with Crippen LogP contribution in [0.2, 0.25) is 0 Å². The summed E-state index contributed by atoms with van der Waals surface area (Å²) >= 11 is 0. The van der Waals surface area contributed by atoms with E-state index >= 15 is 0 Å². The second-order valence-corrected chi connectivity index (χ2v) is 4.23. The standard InChI is InChI=1S/C11H15F2NO/c1-11(2,14)6-8-9(12)4-7(15-3)5-10(8)13/h4-5H,6,14H2,1-3H3. The number of rotatable bonds is 3. The van der Waals surface area contributed by atoms with E-state index in [2.05, 4.69) is 0 Å². The third-order valence-corrected chi connectivity index (χ3v) is 1.98. The second kappa shape index (κ2) is 4.14. The summed E-state index contributed by atoms with van der Waals surface area (Å²) < 4.78 is 31.7. The fourth-order valence-electron chi connectivity index (χ4n) is 1.32. The Bertz CT molecular complexity index is 335. The monoisotopic (exact) mass is 215 g/mol. The van der Waals surface area contributed by atoms with Crippen molar-refractivity contribution in [2.75, 3.05) is 7.11 Å². The minimum atomic E-state index is -0.643. The number of methoxy groups -OCH3 is 1. The van der Waals surface area contributed by atoms with Crippen molar-refractivity contribution >= 4 is 0 Å². The second-order valence-electron chi connectivity index (χ2n) is 4.23. The number of nitrogens with two attached hydrogens (primary N) is 1. The highest BCUT2D eigenvalue weighted by Gasteiger charge is 2.19. The zero-order valence-electron chi connectivity index (χ0n) is 9.10. The zero-order valence-corrected chi connectivity index (χ0v) is 9.10. The lowest BCUT2D eigenvalue weighted by atomic mass is 9.95. The molecule has 0 saturated carbocycles. The SMILES string of the molecule is COc1cc(F)c(CC(C)(C)N)c(F)c1. The Balaban J connectivity index is 3.09. The van der Waals surface area contributed by atoms with E-state index in [1.54, 1.807) is 13.8 Å². The molecule has 0 fully saturated rings. The molecule has 1 aromatic rings. The summed E-state index contributed by atoms with van der Waals surface area (Å²) in [4.78, 5) is 0. The molecule has 0 spiro atoms. The van der Waals surface area contributed by atoms with Gasteiger partial charge in [0.15, 0.2) is 0 Å². The minimum absolute atomic E-state index is 0.00306. The summed E-state index contributed by atoms with van der Waals surface area (Å²) in [5, 5.41) is 0. The van der Waals surface area contributed by atoms with Crippen LogP contribution in [0.5, 0.6) is 5.75 Å².